The van der Waals surface area contributed by atoms with Gasteiger partial charge in [0.2, 0.25) is 25.2 Å². The van der Waals surface area contributed by atoms with Gasteiger partial charge in [-0.1, -0.05) is 18.3 Å². The Morgan fingerprint density at radius 2 is 2.29 bits per heavy atom. The molecule has 0 spiro atoms. The molecule has 0 aliphatic carbocycles. The van der Waals surface area contributed by atoms with Gasteiger partial charge in [0.05, 0.1) is 12.0 Å². The average Bonchev–Trinajstić information content (AvgIpc) is 3.07. The Labute approximate surface area is 125 Å². The third kappa shape index (κ3) is 4.23. The zero-order valence-corrected chi connectivity index (χ0v) is 12.8. The minimum absolute atomic E-state index is 0.00791. The predicted octanol–water partition coefficient (Wildman–Crippen LogP) is 1.97. The molecule has 0 fully saturated rings. The highest BCUT2D eigenvalue weighted by Crippen LogP contribution is 2.21. The molecule has 2 aromatic rings. The van der Waals surface area contributed by atoms with Crippen LogP contribution in [0.25, 0.3) is 6.08 Å². The number of anilines is 1. The van der Waals surface area contributed by atoms with Gasteiger partial charge in [-0.15, -0.1) is 10.2 Å². The first-order valence-electron chi connectivity index (χ1n) is 6.10. The number of nitrogens with zero attached hydrogens (tertiary/aromatic N) is 2. The standard InChI is InChI=1S/C12H13N3O4S2/c1-2-8-21(17,18)12-15-14-11(20-12)13-10(16)6-5-9-4-3-7-19-9/h3-7H,2,8H2,1H3,(H,13,14,16). The first kappa shape index (κ1) is 15.4. The molecular weight excluding hydrogens is 314 g/mol. The van der Waals surface area contributed by atoms with Gasteiger partial charge in [0.15, 0.2) is 0 Å². The van der Waals surface area contributed by atoms with Crippen LogP contribution in [0.5, 0.6) is 0 Å². The van der Waals surface area contributed by atoms with Gasteiger partial charge in [-0.05, 0) is 24.6 Å². The molecule has 0 saturated heterocycles. The highest BCUT2D eigenvalue weighted by Gasteiger charge is 2.19. The molecule has 2 rings (SSSR count). The van der Waals surface area contributed by atoms with Gasteiger partial charge in [-0.25, -0.2) is 8.42 Å². The van der Waals surface area contributed by atoms with Crippen molar-refractivity contribution < 1.29 is 17.6 Å². The molecule has 1 amide bonds. The lowest BCUT2D eigenvalue weighted by atomic mass is 10.4. The van der Waals surface area contributed by atoms with E-state index in [0.29, 0.717) is 12.2 Å². The van der Waals surface area contributed by atoms with E-state index in [0.717, 1.165) is 11.3 Å². The quantitative estimate of drug-likeness (QED) is 0.643. The van der Waals surface area contributed by atoms with E-state index in [4.69, 9.17) is 4.42 Å². The van der Waals surface area contributed by atoms with E-state index in [1.54, 1.807) is 19.1 Å². The van der Waals surface area contributed by atoms with Crippen LogP contribution in [0.4, 0.5) is 5.13 Å². The van der Waals surface area contributed by atoms with Crippen LogP contribution in [-0.2, 0) is 14.6 Å². The van der Waals surface area contributed by atoms with Crippen LogP contribution in [0.15, 0.2) is 33.2 Å². The number of nitrogens with one attached hydrogen (secondary N) is 1. The monoisotopic (exact) mass is 327 g/mol. The van der Waals surface area contributed by atoms with Crippen molar-refractivity contribution >= 4 is 38.3 Å². The molecule has 0 radical (unpaired) electrons. The van der Waals surface area contributed by atoms with E-state index in [-0.39, 0.29) is 15.2 Å². The van der Waals surface area contributed by atoms with E-state index in [1.165, 1.54) is 18.4 Å². The number of aromatic nitrogens is 2. The van der Waals surface area contributed by atoms with Crippen LogP contribution in [0.3, 0.4) is 0 Å². The normalized spacial score (nSPS) is 11.9. The highest BCUT2D eigenvalue weighted by atomic mass is 32.2. The Hall–Kier alpha value is -2.00. The number of amides is 1. The van der Waals surface area contributed by atoms with Gasteiger partial charge >= 0.3 is 0 Å². The molecule has 0 atom stereocenters. The first-order chi connectivity index (χ1) is 10.0. The van der Waals surface area contributed by atoms with Crippen molar-refractivity contribution in [3.8, 4) is 0 Å². The van der Waals surface area contributed by atoms with Crippen LogP contribution in [0.1, 0.15) is 19.1 Å². The summed E-state index contributed by atoms with van der Waals surface area (Å²) < 4.78 is 28.5. The minimum Gasteiger partial charge on any atom is -0.465 e. The van der Waals surface area contributed by atoms with Crippen LogP contribution in [0.2, 0.25) is 0 Å². The van der Waals surface area contributed by atoms with E-state index < -0.39 is 15.7 Å². The molecule has 2 aromatic heterocycles. The van der Waals surface area contributed by atoms with Gasteiger partial charge in [0.25, 0.3) is 0 Å². The van der Waals surface area contributed by atoms with E-state index in [1.807, 2.05) is 0 Å². The van der Waals surface area contributed by atoms with Gasteiger partial charge in [-0.3, -0.25) is 10.1 Å². The molecule has 0 bridgehead atoms. The van der Waals surface area contributed by atoms with E-state index >= 15 is 0 Å². The van der Waals surface area contributed by atoms with Gasteiger partial charge in [0.1, 0.15) is 5.76 Å². The number of hydrogen-bond donors (Lipinski definition) is 1. The van der Waals surface area contributed by atoms with Crippen molar-refractivity contribution in [3.05, 3.63) is 30.2 Å². The summed E-state index contributed by atoms with van der Waals surface area (Å²) in [4.78, 5) is 11.6. The second-order valence-corrected chi connectivity index (χ2v) is 7.29. The summed E-state index contributed by atoms with van der Waals surface area (Å²) in [6.45, 7) is 1.76. The Morgan fingerprint density at radius 3 is 2.95 bits per heavy atom. The van der Waals surface area contributed by atoms with Crippen molar-refractivity contribution in [2.24, 2.45) is 0 Å². The molecule has 21 heavy (non-hydrogen) atoms. The van der Waals surface area contributed by atoms with Crippen LogP contribution in [-0.4, -0.2) is 30.3 Å². The third-order valence-corrected chi connectivity index (χ3v) is 5.52. The fourth-order valence-electron chi connectivity index (χ4n) is 1.43. The molecule has 1 N–H and O–H groups in total. The Morgan fingerprint density at radius 1 is 1.48 bits per heavy atom. The summed E-state index contributed by atoms with van der Waals surface area (Å²) in [6, 6.07) is 3.40. The lowest BCUT2D eigenvalue weighted by molar-refractivity contribution is -0.111. The molecule has 112 valence electrons. The summed E-state index contributed by atoms with van der Waals surface area (Å²) >= 11 is 0.832. The Bertz CT molecular complexity index is 732. The Kier molecular flexibility index (Phi) is 4.86. The first-order valence-corrected chi connectivity index (χ1v) is 8.57. The number of carbonyl (C=O) groups is 1. The number of sulfone groups is 1. The van der Waals surface area contributed by atoms with Crippen molar-refractivity contribution in [3.63, 3.8) is 0 Å². The van der Waals surface area contributed by atoms with E-state index in [2.05, 4.69) is 15.5 Å². The Balaban J connectivity index is 2.01. The molecule has 0 aliphatic rings. The molecule has 2 heterocycles. The van der Waals surface area contributed by atoms with Crippen molar-refractivity contribution in [2.45, 2.75) is 17.7 Å². The maximum atomic E-state index is 11.8. The van der Waals surface area contributed by atoms with Crippen LogP contribution >= 0.6 is 11.3 Å². The summed E-state index contributed by atoms with van der Waals surface area (Å²) in [5.41, 5.74) is 0. The molecule has 0 aromatic carbocycles. The minimum atomic E-state index is -3.41. The molecular formula is C12H13N3O4S2. The number of rotatable bonds is 6. The second-order valence-electron chi connectivity index (χ2n) is 4.03. The molecule has 7 nitrogen and oxygen atoms in total. The number of furan rings is 1. The molecule has 0 aliphatic heterocycles. The molecule has 0 saturated carbocycles. The predicted molar refractivity (Wildman–Crippen MR) is 78.6 cm³/mol. The smallest absolute Gasteiger partial charge is 0.250 e. The fourth-order valence-corrected chi connectivity index (χ4v) is 3.79. The third-order valence-electron chi connectivity index (χ3n) is 2.32. The maximum absolute atomic E-state index is 11.8. The summed E-state index contributed by atoms with van der Waals surface area (Å²) in [5.74, 6) is 0.101. The largest absolute Gasteiger partial charge is 0.465 e. The lowest BCUT2D eigenvalue weighted by Gasteiger charge is -1.95. The molecule has 0 unspecified atom stereocenters. The summed E-state index contributed by atoms with van der Waals surface area (Å²) in [7, 11) is -3.41. The molecule has 9 heteroatoms. The highest BCUT2D eigenvalue weighted by molar-refractivity contribution is 7.93. The maximum Gasteiger partial charge on any atom is 0.250 e. The van der Waals surface area contributed by atoms with Crippen molar-refractivity contribution in [1.29, 1.82) is 0 Å². The number of carbonyl (C=O) groups excluding carboxylic acids is 1. The van der Waals surface area contributed by atoms with Crippen molar-refractivity contribution in [2.75, 3.05) is 11.1 Å². The second kappa shape index (κ2) is 6.64. The zero-order valence-electron chi connectivity index (χ0n) is 11.1. The zero-order chi connectivity index (χ0) is 15.3. The van der Waals surface area contributed by atoms with Crippen molar-refractivity contribution in [1.82, 2.24) is 10.2 Å². The number of hydrogen-bond acceptors (Lipinski definition) is 7. The summed E-state index contributed by atoms with van der Waals surface area (Å²) in [6.07, 6.45) is 4.74. The van der Waals surface area contributed by atoms with Gasteiger partial charge in [-0.2, -0.15) is 0 Å². The van der Waals surface area contributed by atoms with Gasteiger partial charge in [0, 0.05) is 6.08 Å². The lowest BCUT2D eigenvalue weighted by Crippen LogP contribution is -2.07. The van der Waals surface area contributed by atoms with Gasteiger partial charge < -0.3 is 4.42 Å². The summed E-state index contributed by atoms with van der Waals surface area (Å²) in [5, 5.41) is 9.83. The van der Waals surface area contributed by atoms with Crippen LogP contribution < -0.4 is 5.32 Å². The SMILES string of the molecule is CCCS(=O)(=O)c1nnc(NC(=O)C=Cc2ccco2)s1. The van der Waals surface area contributed by atoms with E-state index in [9.17, 15) is 13.2 Å². The average molecular weight is 327 g/mol. The topological polar surface area (TPSA) is 102 Å². The fraction of sp³-hybridized carbons (Fsp3) is 0.250. The van der Waals surface area contributed by atoms with Crippen LogP contribution in [0, 0.1) is 0 Å².